The second-order valence-electron chi connectivity index (χ2n) is 4.34. The van der Waals surface area contributed by atoms with Crippen molar-refractivity contribution in [2.75, 3.05) is 18.5 Å². The molecule has 0 spiro atoms. The molecule has 2 amide bonds. The number of amides is 2. The van der Waals surface area contributed by atoms with E-state index in [9.17, 15) is 4.79 Å². The predicted molar refractivity (Wildman–Crippen MR) is 87.2 cm³/mol. The maximum absolute atomic E-state index is 11.8. The number of thiophene rings is 1. The minimum atomic E-state index is -0.215. The highest BCUT2D eigenvalue weighted by atomic mass is 32.1. The molecule has 21 heavy (non-hydrogen) atoms. The summed E-state index contributed by atoms with van der Waals surface area (Å²) in [5, 5.41) is 7.65. The largest absolute Gasteiger partial charge is 0.489 e. The summed E-state index contributed by atoms with van der Waals surface area (Å²) in [6.45, 7) is 4.65. The molecule has 0 saturated carbocycles. The van der Waals surface area contributed by atoms with E-state index in [1.807, 2.05) is 29.6 Å². The lowest BCUT2D eigenvalue weighted by Gasteiger charge is -2.09. The molecule has 2 N–H and O–H groups in total. The van der Waals surface area contributed by atoms with Gasteiger partial charge in [-0.2, -0.15) is 0 Å². The average molecular weight is 302 g/mol. The molecule has 0 unspecified atom stereocenters. The minimum absolute atomic E-state index is 0.215. The van der Waals surface area contributed by atoms with E-state index in [0.29, 0.717) is 24.6 Å². The van der Waals surface area contributed by atoms with Gasteiger partial charge in [-0.25, -0.2) is 4.79 Å². The van der Waals surface area contributed by atoms with E-state index in [-0.39, 0.29) is 6.03 Å². The Balaban J connectivity index is 1.77. The third-order valence-corrected chi connectivity index (χ3v) is 3.63. The van der Waals surface area contributed by atoms with Gasteiger partial charge in [-0.05, 0) is 30.0 Å². The molecular weight excluding hydrogens is 284 g/mol. The maximum atomic E-state index is 11.8. The SMILES string of the molecule is C=CCOc1cccc(NC(=O)NCCc2cccs2)c1. The Morgan fingerprint density at radius 3 is 3.00 bits per heavy atom. The van der Waals surface area contributed by atoms with Crippen LogP contribution in [0.25, 0.3) is 0 Å². The summed E-state index contributed by atoms with van der Waals surface area (Å²) in [6.07, 6.45) is 2.52. The Morgan fingerprint density at radius 1 is 1.33 bits per heavy atom. The normalized spacial score (nSPS) is 9.90. The van der Waals surface area contributed by atoms with Crippen molar-refractivity contribution in [1.29, 1.82) is 0 Å². The first-order valence-corrected chi connectivity index (χ1v) is 7.57. The van der Waals surface area contributed by atoms with Crippen molar-refractivity contribution < 1.29 is 9.53 Å². The van der Waals surface area contributed by atoms with Crippen LogP contribution in [-0.4, -0.2) is 19.2 Å². The van der Waals surface area contributed by atoms with Crippen molar-refractivity contribution in [3.05, 3.63) is 59.3 Å². The molecule has 0 radical (unpaired) electrons. The summed E-state index contributed by atoms with van der Waals surface area (Å²) < 4.78 is 5.42. The highest BCUT2D eigenvalue weighted by molar-refractivity contribution is 7.09. The predicted octanol–water partition coefficient (Wildman–Crippen LogP) is 3.68. The Hall–Kier alpha value is -2.27. The van der Waals surface area contributed by atoms with E-state index < -0.39 is 0 Å². The van der Waals surface area contributed by atoms with Gasteiger partial charge in [-0.3, -0.25) is 0 Å². The first kappa shape index (κ1) is 15.1. The Morgan fingerprint density at radius 2 is 2.24 bits per heavy atom. The molecule has 1 aromatic heterocycles. The molecular formula is C16H18N2O2S. The average Bonchev–Trinajstić information content (AvgIpc) is 2.99. The molecule has 0 aliphatic heterocycles. The van der Waals surface area contributed by atoms with Gasteiger partial charge in [-0.1, -0.05) is 24.8 Å². The Labute approximate surface area is 128 Å². The van der Waals surface area contributed by atoms with Gasteiger partial charge in [0.1, 0.15) is 12.4 Å². The zero-order valence-electron chi connectivity index (χ0n) is 11.7. The van der Waals surface area contributed by atoms with Gasteiger partial charge in [-0.15, -0.1) is 11.3 Å². The third-order valence-electron chi connectivity index (χ3n) is 2.70. The lowest BCUT2D eigenvalue weighted by Crippen LogP contribution is -2.30. The molecule has 0 saturated heterocycles. The van der Waals surface area contributed by atoms with E-state index >= 15 is 0 Å². The van der Waals surface area contributed by atoms with Crippen LogP contribution < -0.4 is 15.4 Å². The number of urea groups is 1. The number of ether oxygens (including phenoxy) is 1. The van der Waals surface area contributed by atoms with E-state index in [0.717, 1.165) is 6.42 Å². The van der Waals surface area contributed by atoms with Crippen LogP contribution in [0.1, 0.15) is 4.88 Å². The first-order valence-electron chi connectivity index (χ1n) is 6.69. The zero-order valence-corrected chi connectivity index (χ0v) is 12.5. The Bertz CT molecular complexity index is 582. The van der Waals surface area contributed by atoms with Crippen LogP contribution in [0.2, 0.25) is 0 Å². The lowest BCUT2D eigenvalue weighted by molar-refractivity contribution is 0.252. The highest BCUT2D eigenvalue weighted by Crippen LogP contribution is 2.17. The second-order valence-corrected chi connectivity index (χ2v) is 5.37. The smallest absolute Gasteiger partial charge is 0.319 e. The van der Waals surface area contributed by atoms with Crippen LogP contribution in [0.4, 0.5) is 10.5 Å². The minimum Gasteiger partial charge on any atom is -0.489 e. The van der Waals surface area contributed by atoms with Crippen LogP contribution in [-0.2, 0) is 6.42 Å². The van der Waals surface area contributed by atoms with Crippen molar-refractivity contribution in [2.45, 2.75) is 6.42 Å². The van der Waals surface area contributed by atoms with Crippen LogP contribution in [0.5, 0.6) is 5.75 Å². The Kier molecular flexibility index (Phi) is 5.84. The molecule has 1 aromatic carbocycles. The number of carbonyl (C=O) groups excluding carboxylic acids is 1. The van der Waals surface area contributed by atoms with Crippen molar-refractivity contribution >= 4 is 23.1 Å². The van der Waals surface area contributed by atoms with Crippen LogP contribution in [0.15, 0.2) is 54.4 Å². The topological polar surface area (TPSA) is 50.4 Å². The number of nitrogens with one attached hydrogen (secondary N) is 2. The molecule has 110 valence electrons. The second kappa shape index (κ2) is 8.11. The van der Waals surface area contributed by atoms with Gasteiger partial charge in [0.25, 0.3) is 0 Å². The van der Waals surface area contributed by atoms with E-state index in [1.165, 1.54) is 4.88 Å². The van der Waals surface area contributed by atoms with Gasteiger partial charge < -0.3 is 15.4 Å². The molecule has 4 nitrogen and oxygen atoms in total. The monoisotopic (exact) mass is 302 g/mol. The van der Waals surface area contributed by atoms with Crippen molar-refractivity contribution in [2.24, 2.45) is 0 Å². The summed E-state index contributed by atoms with van der Waals surface area (Å²) >= 11 is 1.69. The van der Waals surface area contributed by atoms with E-state index in [2.05, 4.69) is 23.3 Å². The van der Waals surface area contributed by atoms with E-state index in [1.54, 1.807) is 23.5 Å². The van der Waals surface area contributed by atoms with Crippen LogP contribution >= 0.6 is 11.3 Å². The zero-order chi connectivity index (χ0) is 14.9. The van der Waals surface area contributed by atoms with Gasteiger partial charge in [0, 0.05) is 23.2 Å². The molecule has 2 rings (SSSR count). The molecule has 5 heteroatoms. The lowest BCUT2D eigenvalue weighted by atomic mass is 10.3. The van der Waals surface area contributed by atoms with Gasteiger partial charge in [0.2, 0.25) is 0 Å². The van der Waals surface area contributed by atoms with Gasteiger partial charge >= 0.3 is 6.03 Å². The molecule has 0 aliphatic carbocycles. The molecule has 0 fully saturated rings. The standard InChI is InChI=1S/C16H18N2O2S/c1-2-10-20-14-6-3-5-13(12-14)18-16(19)17-9-8-15-7-4-11-21-15/h2-7,11-12H,1,8-10H2,(H2,17,18,19). The first-order chi connectivity index (χ1) is 10.3. The van der Waals surface area contributed by atoms with Crippen LogP contribution in [0, 0.1) is 0 Å². The number of hydrogen-bond donors (Lipinski definition) is 2. The van der Waals surface area contributed by atoms with E-state index in [4.69, 9.17) is 4.74 Å². The third kappa shape index (κ3) is 5.31. The fourth-order valence-corrected chi connectivity index (χ4v) is 2.46. The number of rotatable bonds is 7. The maximum Gasteiger partial charge on any atom is 0.319 e. The summed E-state index contributed by atoms with van der Waals surface area (Å²) in [7, 11) is 0. The number of carbonyl (C=O) groups is 1. The fraction of sp³-hybridized carbons (Fsp3) is 0.188. The number of benzene rings is 1. The van der Waals surface area contributed by atoms with Crippen molar-refractivity contribution in [1.82, 2.24) is 5.32 Å². The van der Waals surface area contributed by atoms with Gasteiger partial charge in [0.05, 0.1) is 0 Å². The molecule has 0 atom stereocenters. The molecule has 0 bridgehead atoms. The molecule has 2 aromatic rings. The fourth-order valence-electron chi connectivity index (χ4n) is 1.75. The number of anilines is 1. The molecule has 1 heterocycles. The summed E-state index contributed by atoms with van der Waals surface area (Å²) in [4.78, 5) is 13.0. The summed E-state index contributed by atoms with van der Waals surface area (Å²) in [6, 6.07) is 11.1. The number of hydrogen-bond acceptors (Lipinski definition) is 3. The van der Waals surface area contributed by atoms with Crippen LogP contribution in [0.3, 0.4) is 0 Å². The van der Waals surface area contributed by atoms with Crippen molar-refractivity contribution in [3.8, 4) is 5.75 Å². The van der Waals surface area contributed by atoms with Gasteiger partial charge in [0.15, 0.2) is 0 Å². The quantitative estimate of drug-likeness (QED) is 0.767. The summed E-state index contributed by atoms with van der Waals surface area (Å²) in [5.74, 6) is 0.700. The van der Waals surface area contributed by atoms with Crippen molar-refractivity contribution in [3.63, 3.8) is 0 Å². The highest BCUT2D eigenvalue weighted by Gasteiger charge is 2.03. The summed E-state index contributed by atoms with van der Waals surface area (Å²) in [5.41, 5.74) is 0.699. The molecule has 0 aliphatic rings.